The van der Waals surface area contributed by atoms with Crippen LogP contribution in [0.1, 0.15) is 57.1 Å². The third-order valence-corrected chi connectivity index (χ3v) is 4.90. The maximum Gasteiger partial charge on any atom is 0.222 e. The molecule has 1 unspecified atom stereocenters. The van der Waals surface area contributed by atoms with Gasteiger partial charge in [0, 0.05) is 37.4 Å². The molecular formula is C17H28N4. The van der Waals surface area contributed by atoms with E-state index in [9.17, 15) is 0 Å². The molecule has 4 nitrogen and oxygen atoms in total. The van der Waals surface area contributed by atoms with Crippen LogP contribution in [-0.4, -0.2) is 41.0 Å². The van der Waals surface area contributed by atoms with Gasteiger partial charge in [-0.3, -0.25) is 0 Å². The highest BCUT2D eigenvalue weighted by Crippen LogP contribution is 2.32. The van der Waals surface area contributed by atoms with Crippen molar-refractivity contribution in [1.82, 2.24) is 14.9 Å². The number of nitrogens with one attached hydrogen (secondary N) is 1. The summed E-state index contributed by atoms with van der Waals surface area (Å²) >= 11 is 0. The van der Waals surface area contributed by atoms with Gasteiger partial charge in [-0.25, -0.2) is 9.97 Å². The first-order chi connectivity index (χ1) is 10.3. The predicted molar refractivity (Wildman–Crippen MR) is 86.6 cm³/mol. The average molecular weight is 288 g/mol. The average Bonchev–Trinajstić information content (AvgIpc) is 3.02. The zero-order valence-electron chi connectivity index (χ0n) is 13.2. The minimum Gasteiger partial charge on any atom is -0.353 e. The standard InChI is InChI=1S/C17H28N4/c1-14-5-4-11-21(13-14)12-10-19-17-18-9-8-16(20-17)15-6-2-3-7-15/h8-9,14-15H,2-7,10-13H2,1H3,(H,18,19,20). The first kappa shape index (κ1) is 14.8. The highest BCUT2D eigenvalue weighted by atomic mass is 15.2. The van der Waals surface area contributed by atoms with Gasteiger partial charge in [0.25, 0.3) is 0 Å². The van der Waals surface area contributed by atoms with Gasteiger partial charge in [-0.1, -0.05) is 19.8 Å². The monoisotopic (exact) mass is 288 g/mol. The molecule has 116 valence electrons. The summed E-state index contributed by atoms with van der Waals surface area (Å²) in [6.45, 7) is 6.88. The molecule has 0 radical (unpaired) electrons. The summed E-state index contributed by atoms with van der Waals surface area (Å²) in [5.41, 5.74) is 1.23. The van der Waals surface area contributed by atoms with Crippen molar-refractivity contribution in [1.29, 1.82) is 0 Å². The Balaban J connectivity index is 1.47. The Hall–Kier alpha value is -1.16. The fourth-order valence-corrected chi connectivity index (χ4v) is 3.72. The van der Waals surface area contributed by atoms with Crippen LogP contribution in [0.5, 0.6) is 0 Å². The molecule has 1 saturated heterocycles. The van der Waals surface area contributed by atoms with Gasteiger partial charge in [-0.2, -0.15) is 0 Å². The zero-order valence-corrected chi connectivity index (χ0v) is 13.2. The van der Waals surface area contributed by atoms with E-state index in [1.54, 1.807) is 0 Å². The topological polar surface area (TPSA) is 41.0 Å². The van der Waals surface area contributed by atoms with E-state index >= 15 is 0 Å². The smallest absolute Gasteiger partial charge is 0.222 e. The summed E-state index contributed by atoms with van der Waals surface area (Å²) in [7, 11) is 0. The lowest BCUT2D eigenvalue weighted by molar-refractivity contribution is 0.190. The van der Waals surface area contributed by atoms with Crippen LogP contribution in [-0.2, 0) is 0 Å². The Kier molecular flexibility index (Phi) is 5.07. The molecule has 1 aliphatic carbocycles. The number of likely N-dealkylation sites (tertiary alicyclic amines) is 1. The molecule has 1 atom stereocenters. The molecule has 2 aliphatic rings. The molecule has 1 N–H and O–H groups in total. The van der Waals surface area contributed by atoms with Gasteiger partial charge in [0.05, 0.1) is 0 Å². The summed E-state index contributed by atoms with van der Waals surface area (Å²) in [5.74, 6) is 2.32. The molecule has 1 aromatic rings. The van der Waals surface area contributed by atoms with E-state index in [-0.39, 0.29) is 0 Å². The summed E-state index contributed by atoms with van der Waals surface area (Å²) in [6.07, 6.45) is 9.93. The Labute approximate surface area is 128 Å². The molecule has 1 saturated carbocycles. The molecule has 0 bridgehead atoms. The molecule has 3 rings (SSSR count). The van der Waals surface area contributed by atoms with Crippen LogP contribution in [0.4, 0.5) is 5.95 Å². The van der Waals surface area contributed by atoms with E-state index in [1.165, 1.54) is 57.3 Å². The summed E-state index contributed by atoms with van der Waals surface area (Å²) in [4.78, 5) is 11.6. The van der Waals surface area contributed by atoms with Gasteiger partial charge in [-0.05, 0) is 44.2 Å². The van der Waals surface area contributed by atoms with Crippen LogP contribution in [0.25, 0.3) is 0 Å². The van der Waals surface area contributed by atoms with Crippen molar-refractivity contribution in [3.8, 4) is 0 Å². The Bertz CT molecular complexity index is 442. The van der Waals surface area contributed by atoms with Gasteiger partial charge in [0.15, 0.2) is 0 Å². The summed E-state index contributed by atoms with van der Waals surface area (Å²) < 4.78 is 0. The number of aromatic nitrogens is 2. The highest BCUT2D eigenvalue weighted by Gasteiger charge is 2.19. The van der Waals surface area contributed by atoms with Crippen LogP contribution < -0.4 is 5.32 Å². The van der Waals surface area contributed by atoms with Crippen molar-refractivity contribution in [2.75, 3.05) is 31.5 Å². The van der Waals surface area contributed by atoms with E-state index in [4.69, 9.17) is 4.98 Å². The number of hydrogen-bond donors (Lipinski definition) is 1. The normalized spacial score (nSPS) is 24.3. The van der Waals surface area contributed by atoms with Gasteiger partial charge in [0.1, 0.15) is 0 Å². The zero-order chi connectivity index (χ0) is 14.5. The maximum absolute atomic E-state index is 4.71. The van der Waals surface area contributed by atoms with Crippen molar-refractivity contribution in [2.45, 2.75) is 51.4 Å². The van der Waals surface area contributed by atoms with E-state index < -0.39 is 0 Å². The fourth-order valence-electron chi connectivity index (χ4n) is 3.72. The van der Waals surface area contributed by atoms with Crippen molar-refractivity contribution >= 4 is 5.95 Å². The number of anilines is 1. The molecule has 2 heterocycles. The summed E-state index contributed by atoms with van der Waals surface area (Å²) in [5, 5.41) is 3.41. The summed E-state index contributed by atoms with van der Waals surface area (Å²) in [6, 6.07) is 2.09. The number of nitrogens with zero attached hydrogens (tertiary/aromatic N) is 3. The first-order valence-corrected chi connectivity index (χ1v) is 8.60. The fraction of sp³-hybridized carbons (Fsp3) is 0.765. The van der Waals surface area contributed by atoms with Crippen LogP contribution in [0.3, 0.4) is 0 Å². The van der Waals surface area contributed by atoms with Gasteiger partial charge in [-0.15, -0.1) is 0 Å². The van der Waals surface area contributed by atoms with Crippen LogP contribution >= 0.6 is 0 Å². The molecule has 4 heteroatoms. The Morgan fingerprint density at radius 2 is 2.10 bits per heavy atom. The molecule has 2 fully saturated rings. The second kappa shape index (κ2) is 7.21. The second-order valence-electron chi connectivity index (χ2n) is 6.76. The lowest BCUT2D eigenvalue weighted by Crippen LogP contribution is -2.37. The third kappa shape index (κ3) is 4.16. The van der Waals surface area contributed by atoms with E-state index in [1.807, 2.05) is 6.20 Å². The highest BCUT2D eigenvalue weighted by molar-refractivity contribution is 5.26. The van der Waals surface area contributed by atoms with E-state index in [2.05, 4.69) is 28.2 Å². The van der Waals surface area contributed by atoms with Crippen LogP contribution in [0, 0.1) is 5.92 Å². The number of piperidine rings is 1. The minimum absolute atomic E-state index is 0.663. The van der Waals surface area contributed by atoms with Crippen molar-refractivity contribution in [2.24, 2.45) is 5.92 Å². The van der Waals surface area contributed by atoms with Crippen LogP contribution in [0.2, 0.25) is 0 Å². The Morgan fingerprint density at radius 1 is 1.24 bits per heavy atom. The van der Waals surface area contributed by atoms with Crippen LogP contribution in [0.15, 0.2) is 12.3 Å². The van der Waals surface area contributed by atoms with E-state index in [0.29, 0.717) is 5.92 Å². The second-order valence-corrected chi connectivity index (χ2v) is 6.76. The third-order valence-electron chi connectivity index (χ3n) is 4.90. The Morgan fingerprint density at radius 3 is 2.90 bits per heavy atom. The molecule has 0 amide bonds. The quantitative estimate of drug-likeness (QED) is 0.903. The van der Waals surface area contributed by atoms with Crippen molar-refractivity contribution < 1.29 is 0 Å². The molecule has 1 aromatic heterocycles. The largest absolute Gasteiger partial charge is 0.353 e. The number of hydrogen-bond acceptors (Lipinski definition) is 4. The lowest BCUT2D eigenvalue weighted by Gasteiger charge is -2.30. The van der Waals surface area contributed by atoms with E-state index in [0.717, 1.165) is 25.0 Å². The lowest BCUT2D eigenvalue weighted by atomic mass is 10.0. The molecular weight excluding hydrogens is 260 g/mol. The molecule has 0 spiro atoms. The first-order valence-electron chi connectivity index (χ1n) is 8.60. The van der Waals surface area contributed by atoms with Crippen molar-refractivity contribution in [3.05, 3.63) is 18.0 Å². The molecule has 21 heavy (non-hydrogen) atoms. The SMILES string of the molecule is CC1CCCN(CCNc2nccc(C3CCCC3)n2)C1. The van der Waals surface area contributed by atoms with Gasteiger partial charge >= 0.3 is 0 Å². The minimum atomic E-state index is 0.663. The molecule has 0 aromatic carbocycles. The predicted octanol–water partition coefficient (Wildman–Crippen LogP) is 3.28. The maximum atomic E-state index is 4.71. The molecule has 1 aliphatic heterocycles. The van der Waals surface area contributed by atoms with Crippen molar-refractivity contribution in [3.63, 3.8) is 0 Å². The number of rotatable bonds is 5. The van der Waals surface area contributed by atoms with Gasteiger partial charge in [0.2, 0.25) is 5.95 Å². The van der Waals surface area contributed by atoms with Gasteiger partial charge < -0.3 is 10.2 Å².